The number of halogens is 3. The number of rotatable bonds is 3. The number of aromatic carboxylic acids is 1. The van der Waals surface area contributed by atoms with Crippen LogP contribution in [0.3, 0.4) is 0 Å². The third kappa shape index (κ3) is 2.71. The highest BCUT2D eigenvalue weighted by Gasteiger charge is 2.36. The second-order valence-corrected chi connectivity index (χ2v) is 3.96. The number of carboxylic acid groups (broad SMARTS) is 1. The van der Waals surface area contributed by atoms with Crippen LogP contribution in [0.15, 0.2) is 34.9 Å². The molecule has 1 aromatic heterocycles. The van der Waals surface area contributed by atoms with Gasteiger partial charge in [-0.3, -0.25) is 10.1 Å². The number of hydrogen-bond donors (Lipinski definition) is 1. The monoisotopic (exact) mass is 301 g/mol. The second kappa shape index (κ2) is 4.93. The number of alkyl halides is 3. The summed E-state index contributed by atoms with van der Waals surface area (Å²) in [4.78, 5) is 21.0. The normalized spacial score (nSPS) is 11.4. The van der Waals surface area contributed by atoms with Gasteiger partial charge in [-0.15, -0.1) is 0 Å². The molecule has 0 radical (unpaired) electrons. The first kappa shape index (κ1) is 14.6. The molecule has 0 atom stereocenters. The van der Waals surface area contributed by atoms with Crippen molar-refractivity contribution in [2.24, 2.45) is 0 Å². The molecule has 0 unspecified atom stereocenters. The van der Waals surface area contributed by atoms with E-state index >= 15 is 0 Å². The molecular weight excluding hydrogens is 295 g/mol. The zero-order chi connectivity index (χ0) is 15.8. The molecule has 0 fully saturated rings. The van der Waals surface area contributed by atoms with Gasteiger partial charge in [-0.25, -0.2) is 4.79 Å². The van der Waals surface area contributed by atoms with Crippen LogP contribution < -0.4 is 0 Å². The quantitative estimate of drug-likeness (QED) is 0.691. The predicted octanol–water partition coefficient (Wildman–Crippen LogP) is 3.57. The minimum absolute atomic E-state index is 0.201. The summed E-state index contributed by atoms with van der Waals surface area (Å²) in [5.74, 6) is -1.93. The van der Waals surface area contributed by atoms with E-state index in [1.807, 2.05) is 0 Å². The van der Waals surface area contributed by atoms with E-state index in [-0.39, 0.29) is 11.8 Å². The SMILES string of the molecule is O=C(O)c1cc(C(F)(F)F)cc([N+](=O)[O-])c1-c1ccco1. The third-order valence-electron chi connectivity index (χ3n) is 2.64. The van der Waals surface area contributed by atoms with E-state index in [1.54, 1.807) is 0 Å². The Morgan fingerprint density at radius 3 is 2.43 bits per heavy atom. The fraction of sp³-hybridized carbons (Fsp3) is 0.0833. The van der Waals surface area contributed by atoms with Gasteiger partial charge >= 0.3 is 12.1 Å². The smallest absolute Gasteiger partial charge is 0.416 e. The highest BCUT2D eigenvalue weighted by molar-refractivity contribution is 5.98. The van der Waals surface area contributed by atoms with Crippen LogP contribution in [0, 0.1) is 10.1 Å². The zero-order valence-electron chi connectivity index (χ0n) is 10.0. The van der Waals surface area contributed by atoms with Gasteiger partial charge < -0.3 is 9.52 Å². The van der Waals surface area contributed by atoms with Gasteiger partial charge in [-0.1, -0.05) is 0 Å². The van der Waals surface area contributed by atoms with Crippen molar-refractivity contribution in [1.82, 2.24) is 0 Å². The molecule has 0 aliphatic rings. The van der Waals surface area contributed by atoms with Crippen molar-refractivity contribution in [3.05, 3.63) is 51.8 Å². The number of carboxylic acids is 1. The highest BCUT2D eigenvalue weighted by atomic mass is 19.4. The van der Waals surface area contributed by atoms with Gasteiger partial charge in [0.25, 0.3) is 5.69 Å². The summed E-state index contributed by atoms with van der Waals surface area (Å²) in [5, 5.41) is 20.0. The second-order valence-electron chi connectivity index (χ2n) is 3.96. The molecule has 1 N–H and O–H groups in total. The van der Waals surface area contributed by atoms with Crippen molar-refractivity contribution in [3.8, 4) is 11.3 Å². The Bertz CT molecular complexity index is 671. The first-order valence-electron chi connectivity index (χ1n) is 5.38. The number of furan rings is 1. The number of carbonyl (C=O) groups is 1. The van der Waals surface area contributed by atoms with Gasteiger partial charge in [0.2, 0.25) is 0 Å². The number of nitro benzene ring substituents is 1. The molecule has 1 heterocycles. The molecule has 0 spiro atoms. The van der Waals surface area contributed by atoms with Gasteiger partial charge in [-0.2, -0.15) is 13.2 Å². The lowest BCUT2D eigenvalue weighted by atomic mass is 9.99. The average molecular weight is 301 g/mol. The van der Waals surface area contributed by atoms with Gasteiger partial charge in [0.1, 0.15) is 11.3 Å². The summed E-state index contributed by atoms with van der Waals surface area (Å²) >= 11 is 0. The topological polar surface area (TPSA) is 93.6 Å². The van der Waals surface area contributed by atoms with Gasteiger partial charge in [0, 0.05) is 6.07 Å². The summed E-state index contributed by atoms with van der Waals surface area (Å²) in [6.45, 7) is 0. The fourth-order valence-electron chi connectivity index (χ4n) is 1.78. The maximum atomic E-state index is 12.7. The molecule has 0 saturated carbocycles. The van der Waals surface area contributed by atoms with Crippen LogP contribution in [0.2, 0.25) is 0 Å². The number of nitro groups is 1. The summed E-state index contributed by atoms with van der Waals surface area (Å²) in [6, 6.07) is 3.18. The Morgan fingerprint density at radius 1 is 1.33 bits per heavy atom. The standard InChI is InChI=1S/C12H6F3NO5/c13-12(14,15)6-4-7(11(17)18)10(8(5-6)16(19)20)9-2-1-3-21-9/h1-5H,(H,17,18). The molecule has 2 aromatic rings. The molecule has 0 aliphatic heterocycles. The maximum Gasteiger partial charge on any atom is 0.416 e. The average Bonchev–Trinajstić information content (AvgIpc) is 2.89. The van der Waals surface area contributed by atoms with E-state index in [9.17, 15) is 28.1 Å². The van der Waals surface area contributed by atoms with Gasteiger partial charge in [0.05, 0.1) is 22.3 Å². The van der Waals surface area contributed by atoms with Crippen molar-refractivity contribution in [2.45, 2.75) is 6.18 Å². The number of nitrogens with zero attached hydrogens (tertiary/aromatic N) is 1. The zero-order valence-corrected chi connectivity index (χ0v) is 10.0. The molecule has 21 heavy (non-hydrogen) atoms. The van der Waals surface area contributed by atoms with Crippen LogP contribution in [-0.4, -0.2) is 16.0 Å². The summed E-state index contributed by atoms with van der Waals surface area (Å²) in [7, 11) is 0. The lowest BCUT2D eigenvalue weighted by Gasteiger charge is -2.10. The Morgan fingerprint density at radius 2 is 2.00 bits per heavy atom. The molecule has 110 valence electrons. The van der Waals surface area contributed by atoms with Crippen LogP contribution in [0.25, 0.3) is 11.3 Å². The molecule has 2 rings (SSSR count). The highest BCUT2D eigenvalue weighted by Crippen LogP contribution is 2.39. The van der Waals surface area contributed by atoms with Crippen molar-refractivity contribution in [2.75, 3.05) is 0 Å². The van der Waals surface area contributed by atoms with Crippen LogP contribution in [0.1, 0.15) is 15.9 Å². The van der Waals surface area contributed by atoms with E-state index in [2.05, 4.69) is 0 Å². The van der Waals surface area contributed by atoms with Crippen molar-refractivity contribution < 1.29 is 32.4 Å². The largest absolute Gasteiger partial charge is 0.478 e. The van der Waals surface area contributed by atoms with E-state index in [0.29, 0.717) is 6.07 Å². The van der Waals surface area contributed by atoms with Crippen molar-refractivity contribution >= 4 is 11.7 Å². The fourth-order valence-corrected chi connectivity index (χ4v) is 1.78. The molecule has 0 amide bonds. The molecule has 0 bridgehead atoms. The van der Waals surface area contributed by atoms with Gasteiger partial charge in [-0.05, 0) is 18.2 Å². The van der Waals surface area contributed by atoms with E-state index in [1.165, 1.54) is 12.1 Å². The summed E-state index contributed by atoms with van der Waals surface area (Å²) < 4.78 is 43.0. The number of hydrogen-bond acceptors (Lipinski definition) is 4. The molecule has 1 aromatic carbocycles. The maximum absolute atomic E-state index is 12.7. The summed E-state index contributed by atoms with van der Waals surface area (Å²) in [6.07, 6.45) is -3.78. The molecule has 0 saturated heterocycles. The van der Waals surface area contributed by atoms with Crippen LogP contribution in [0.4, 0.5) is 18.9 Å². The molecule has 6 nitrogen and oxygen atoms in total. The lowest BCUT2D eigenvalue weighted by molar-refractivity contribution is -0.384. The number of benzene rings is 1. The van der Waals surface area contributed by atoms with Crippen LogP contribution >= 0.6 is 0 Å². The third-order valence-corrected chi connectivity index (χ3v) is 2.64. The Labute approximate surface area is 114 Å². The van der Waals surface area contributed by atoms with E-state index in [0.717, 1.165) is 6.26 Å². The first-order chi connectivity index (χ1) is 9.71. The van der Waals surface area contributed by atoms with Crippen molar-refractivity contribution in [3.63, 3.8) is 0 Å². The minimum Gasteiger partial charge on any atom is -0.478 e. The van der Waals surface area contributed by atoms with E-state index in [4.69, 9.17) is 9.52 Å². The Balaban J connectivity index is 2.85. The Hall–Kier alpha value is -2.84. The summed E-state index contributed by atoms with van der Waals surface area (Å²) in [5.41, 5.74) is -3.77. The first-order valence-corrected chi connectivity index (χ1v) is 5.38. The molecule has 9 heteroatoms. The molecule has 0 aliphatic carbocycles. The lowest BCUT2D eigenvalue weighted by Crippen LogP contribution is -2.10. The predicted molar refractivity (Wildman–Crippen MR) is 62.8 cm³/mol. The van der Waals surface area contributed by atoms with Crippen LogP contribution in [-0.2, 0) is 6.18 Å². The van der Waals surface area contributed by atoms with Crippen LogP contribution in [0.5, 0.6) is 0 Å². The Kier molecular flexibility index (Phi) is 3.42. The van der Waals surface area contributed by atoms with Crippen molar-refractivity contribution in [1.29, 1.82) is 0 Å². The van der Waals surface area contributed by atoms with Gasteiger partial charge in [0.15, 0.2) is 0 Å². The van der Waals surface area contributed by atoms with E-state index < -0.39 is 39.4 Å². The minimum atomic E-state index is -4.91. The molecular formula is C12H6F3NO5.